The highest BCUT2D eigenvalue weighted by Crippen LogP contribution is 2.24. The first-order valence-electron chi connectivity index (χ1n) is 7.43. The average Bonchev–Trinajstić information content (AvgIpc) is 2.85. The summed E-state index contributed by atoms with van der Waals surface area (Å²) in [5, 5.41) is 5.94. The van der Waals surface area contributed by atoms with E-state index in [9.17, 15) is 4.79 Å². The number of nitrogen functional groups attached to an aromatic ring is 1. The van der Waals surface area contributed by atoms with Crippen LogP contribution in [0, 0.1) is 13.8 Å². The fourth-order valence-corrected chi connectivity index (χ4v) is 2.69. The van der Waals surface area contributed by atoms with Gasteiger partial charge in [-0.15, -0.1) is 0 Å². The Morgan fingerprint density at radius 3 is 2.48 bits per heavy atom. The molecule has 3 aromatic rings. The van der Waals surface area contributed by atoms with E-state index in [4.69, 9.17) is 10.3 Å². The molecule has 0 radical (unpaired) electrons. The first-order chi connectivity index (χ1) is 11.0. The molecule has 0 bridgehead atoms. The van der Waals surface area contributed by atoms with Crippen molar-refractivity contribution in [3.05, 3.63) is 59.0 Å². The topological polar surface area (TPSA) is 72.4 Å². The molecular formula is C18H19N3O2. The Labute approximate surface area is 134 Å². The second kappa shape index (κ2) is 5.76. The second-order valence-electron chi connectivity index (χ2n) is 5.75. The Morgan fingerprint density at radius 1 is 1.22 bits per heavy atom. The molecule has 0 aliphatic carbocycles. The number of aromatic nitrogens is 1. The zero-order valence-electron chi connectivity index (χ0n) is 13.5. The summed E-state index contributed by atoms with van der Waals surface area (Å²) in [5.74, 6) is 0.613. The van der Waals surface area contributed by atoms with Crippen LogP contribution in [-0.2, 0) is 6.54 Å². The molecule has 1 heterocycles. The van der Waals surface area contributed by atoms with Crippen LogP contribution in [0.4, 0.5) is 5.69 Å². The number of hydrogen-bond donors (Lipinski definition) is 1. The SMILES string of the molecule is Cc1noc(C)c1CN(C)C(=O)c1cc2ccccc2cc1N. The van der Waals surface area contributed by atoms with E-state index in [0.29, 0.717) is 17.8 Å². The van der Waals surface area contributed by atoms with Crippen molar-refractivity contribution in [3.63, 3.8) is 0 Å². The predicted molar refractivity (Wildman–Crippen MR) is 90.1 cm³/mol. The van der Waals surface area contributed by atoms with E-state index < -0.39 is 0 Å². The van der Waals surface area contributed by atoms with Crippen LogP contribution in [0.2, 0.25) is 0 Å². The smallest absolute Gasteiger partial charge is 0.256 e. The number of aryl methyl sites for hydroxylation is 2. The van der Waals surface area contributed by atoms with Gasteiger partial charge in [-0.1, -0.05) is 29.4 Å². The van der Waals surface area contributed by atoms with Crippen LogP contribution in [-0.4, -0.2) is 23.0 Å². The molecule has 0 fully saturated rings. The van der Waals surface area contributed by atoms with Crippen LogP contribution in [0.1, 0.15) is 27.4 Å². The molecule has 0 aliphatic heterocycles. The van der Waals surface area contributed by atoms with Gasteiger partial charge in [-0.2, -0.15) is 0 Å². The third-order valence-corrected chi connectivity index (χ3v) is 4.07. The summed E-state index contributed by atoms with van der Waals surface area (Å²) >= 11 is 0. The Balaban J connectivity index is 1.92. The maximum Gasteiger partial charge on any atom is 0.256 e. The highest BCUT2D eigenvalue weighted by Gasteiger charge is 2.19. The maximum absolute atomic E-state index is 12.8. The van der Waals surface area contributed by atoms with Gasteiger partial charge in [0, 0.05) is 18.3 Å². The molecule has 2 N–H and O–H groups in total. The number of anilines is 1. The van der Waals surface area contributed by atoms with E-state index in [1.54, 1.807) is 11.9 Å². The van der Waals surface area contributed by atoms with Gasteiger partial charge in [-0.3, -0.25) is 4.79 Å². The Hall–Kier alpha value is -2.82. The largest absolute Gasteiger partial charge is 0.398 e. The average molecular weight is 309 g/mol. The number of nitrogens with two attached hydrogens (primary N) is 1. The molecule has 0 atom stereocenters. The molecule has 3 rings (SSSR count). The number of rotatable bonds is 3. The number of carbonyl (C=O) groups excluding carboxylic acids is 1. The highest BCUT2D eigenvalue weighted by atomic mass is 16.5. The minimum absolute atomic E-state index is 0.117. The van der Waals surface area contributed by atoms with Crippen molar-refractivity contribution in [3.8, 4) is 0 Å². The molecule has 1 amide bonds. The molecule has 1 aromatic heterocycles. The van der Waals surface area contributed by atoms with Crippen molar-refractivity contribution in [2.45, 2.75) is 20.4 Å². The molecule has 0 saturated heterocycles. The molecule has 0 spiro atoms. The Morgan fingerprint density at radius 2 is 1.87 bits per heavy atom. The minimum atomic E-state index is -0.117. The lowest BCUT2D eigenvalue weighted by Crippen LogP contribution is -2.27. The van der Waals surface area contributed by atoms with Gasteiger partial charge in [0.25, 0.3) is 5.91 Å². The number of nitrogens with zero attached hydrogens (tertiary/aromatic N) is 2. The quantitative estimate of drug-likeness (QED) is 0.753. The van der Waals surface area contributed by atoms with Gasteiger partial charge in [0.1, 0.15) is 5.76 Å². The standard InChI is InChI=1S/C18H19N3O2/c1-11-16(12(2)23-20-11)10-21(3)18(22)15-8-13-6-4-5-7-14(13)9-17(15)19/h4-9H,10,19H2,1-3H3. The fraction of sp³-hybridized carbons (Fsp3) is 0.222. The van der Waals surface area contributed by atoms with Gasteiger partial charge in [0.05, 0.1) is 17.8 Å². The lowest BCUT2D eigenvalue weighted by Gasteiger charge is -2.18. The summed E-state index contributed by atoms with van der Waals surface area (Å²) in [4.78, 5) is 14.4. The monoisotopic (exact) mass is 309 g/mol. The van der Waals surface area contributed by atoms with Crippen LogP contribution in [0.25, 0.3) is 10.8 Å². The van der Waals surface area contributed by atoms with E-state index in [0.717, 1.165) is 27.8 Å². The molecule has 0 aliphatic rings. The van der Waals surface area contributed by atoms with Crippen molar-refractivity contribution >= 4 is 22.4 Å². The molecule has 0 unspecified atom stereocenters. The summed E-state index contributed by atoms with van der Waals surface area (Å²) in [6.07, 6.45) is 0. The lowest BCUT2D eigenvalue weighted by atomic mass is 10.0. The van der Waals surface area contributed by atoms with Crippen LogP contribution < -0.4 is 5.73 Å². The van der Waals surface area contributed by atoms with Crippen molar-refractivity contribution in [2.24, 2.45) is 0 Å². The second-order valence-corrected chi connectivity index (χ2v) is 5.75. The van der Waals surface area contributed by atoms with Gasteiger partial charge in [-0.25, -0.2) is 0 Å². The Kier molecular flexibility index (Phi) is 3.78. The summed E-state index contributed by atoms with van der Waals surface area (Å²) in [6, 6.07) is 11.5. The lowest BCUT2D eigenvalue weighted by molar-refractivity contribution is 0.0785. The molecule has 2 aromatic carbocycles. The van der Waals surface area contributed by atoms with Crippen molar-refractivity contribution < 1.29 is 9.32 Å². The van der Waals surface area contributed by atoms with Gasteiger partial charge in [-0.05, 0) is 36.8 Å². The number of fused-ring (bicyclic) bond motifs is 1. The van der Waals surface area contributed by atoms with Crippen molar-refractivity contribution in [2.75, 3.05) is 12.8 Å². The van der Waals surface area contributed by atoms with Crippen LogP contribution in [0.5, 0.6) is 0 Å². The third kappa shape index (κ3) is 2.77. The summed E-state index contributed by atoms with van der Waals surface area (Å²) in [6.45, 7) is 4.15. The molecule has 5 nitrogen and oxygen atoms in total. The maximum atomic E-state index is 12.8. The van der Waals surface area contributed by atoms with E-state index >= 15 is 0 Å². The van der Waals surface area contributed by atoms with Gasteiger partial charge >= 0.3 is 0 Å². The van der Waals surface area contributed by atoms with Crippen LogP contribution in [0.15, 0.2) is 40.9 Å². The predicted octanol–water partition coefficient (Wildman–Crippen LogP) is 3.30. The Bertz CT molecular complexity index is 864. The van der Waals surface area contributed by atoms with E-state index in [2.05, 4.69) is 5.16 Å². The number of carbonyl (C=O) groups is 1. The molecule has 23 heavy (non-hydrogen) atoms. The normalized spacial score (nSPS) is 10.9. The van der Waals surface area contributed by atoms with Crippen molar-refractivity contribution in [1.29, 1.82) is 0 Å². The summed E-state index contributed by atoms with van der Waals surface area (Å²) < 4.78 is 5.15. The van der Waals surface area contributed by atoms with E-state index in [-0.39, 0.29) is 5.91 Å². The number of hydrogen-bond acceptors (Lipinski definition) is 4. The number of amides is 1. The van der Waals surface area contributed by atoms with Crippen LogP contribution in [0.3, 0.4) is 0 Å². The summed E-state index contributed by atoms with van der Waals surface area (Å²) in [7, 11) is 1.75. The van der Waals surface area contributed by atoms with Gasteiger partial charge in [0.2, 0.25) is 0 Å². The van der Waals surface area contributed by atoms with Gasteiger partial charge in [0.15, 0.2) is 0 Å². The van der Waals surface area contributed by atoms with Crippen molar-refractivity contribution in [1.82, 2.24) is 10.1 Å². The van der Waals surface area contributed by atoms with Gasteiger partial charge < -0.3 is 15.2 Å². The highest BCUT2D eigenvalue weighted by molar-refractivity contribution is 6.03. The first-order valence-corrected chi connectivity index (χ1v) is 7.43. The van der Waals surface area contributed by atoms with Crippen LogP contribution >= 0.6 is 0 Å². The first kappa shape index (κ1) is 15.1. The van der Waals surface area contributed by atoms with E-state index in [1.807, 2.05) is 50.2 Å². The number of benzene rings is 2. The zero-order chi connectivity index (χ0) is 16.6. The third-order valence-electron chi connectivity index (χ3n) is 4.07. The molecule has 0 saturated carbocycles. The molecule has 5 heteroatoms. The molecular weight excluding hydrogens is 290 g/mol. The summed E-state index contributed by atoms with van der Waals surface area (Å²) in [5.41, 5.74) is 8.81. The van der Waals surface area contributed by atoms with E-state index in [1.165, 1.54) is 0 Å². The fourth-order valence-electron chi connectivity index (χ4n) is 2.69. The minimum Gasteiger partial charge on any atom is -0.398 e. The molecule has 118 valence electrons. The zero-order valence-corrected chi connectivity index (χ0v) is 13.5.